The van der Waals surface area contributed by atoms with E-state index in [0.717, 1.165) is 11.1 Å². The lowest BCUT2D eigenvalue weighted by atomic mass is 10.1. The van der Waals surface area contributed by atoms with Crippen molar-refractivity contribution < 1.29 is 9.53 Å². The smallest absolute Gasteiger partial charge is 0.224 e. The number of ether oxygens (including phenoxy) is 1. The number of pyridine rings is 1. The van der Waals surface area contributed by atoms with E-state index in [9.17, 15) is 4.79 Å². The predicted molar refractivity (Wildman–Crippen MR) is 97.8 cm³/mol. The molecule has 0 aliphatic rings. The highest BCUT2D eigenvalue weighted by Crippen LogP contribution is 2.20. The second-order valence-corrected chi connectivity index (χ2v) is 5.87. The zero-order valence-corrected chi connectivity index (χ0v) is 14.2. The van der Waals surface area contributed by atoms with E-state index in [1.807, 2.05) is 54.6 Å². The second kappa shape index (κ2) is 8.31. The first kappa shape index (κ1) is 17.0. The molecule has 1 amide bonds. The maximum Gasteiger partial charge on any atom is 0.224 e. The number of carbonyl (C=O) groups is 1. The van der Waals surface area contributed by atoms with Gasteiger partial charge in [0.2, 0.25) is 11.8 Å². The largest absolute Gasteiger partial charge is 0.439 e. The number of benzene rings is 2. The van der Waals surface area contributed by atoms with Crippen molar-refractivity contribution >= 4 is 17.5 Å². The molecule has 0 radical (unpaired) electrons. The number of carbonyl (C=O) groups excluding carboxylic acids is 1. The Hall–Kier alpha value is -2.85. The van der Waals surface area contributed by atoms with Crippen molar-refractivity contribution in [3.8, 4) is 11.6 Å². The highest BCUT2D eigenvalue weighted by atomic mass is 35.5. The van der Waals surface area contributed by atoms with Crippen molar-refractivity contribution in [1.29, 1.82) is 0 Å². The van der Waals surface area contributed by atoms with Crippen molar-refractivity contribution in [2.75, 3.05) is 0 Å². The van der Waals surface area contributed by atoms with Gasteiger partial charge >= 0.3 is 0 Å². The van der Waals surface area contributed by atoms with Crippen LogP contribution in [-0.4, -0.2) is 10.9 Å². The first-order valence-electron chi connectivity index (χ1n) is 7.88. The summed E-state index contributed by atoms with van der Waals surface area (Å²) in [5.41, 5.74) is 1.76. The van der Waals surface area contributed by atoms with Crippen LogP contribution >= 0.6 is 11.6 Å². The van der Waals surface area contributed by atoms with Crippen molar-refractivity contribution in [3.05, 3.63) is 89.1 Å². The normalized spacial score (nSPS) is 10.3. The van der Waals surface area contributed by atoms with E-state index in [1.54, 1.807) is 18.3 Å². The van der Waals surface area contributed by atoms with Crippen molar-refractivity contribution in [1.82, 2.24) is 10.3 Å². The summed E-state index contributed by atoms with van der Waals surface area (Å²) in [4.78, 5) is 16.2. The number of hydrogen-bond donors (Lipinski definition) is 1. The summed E-state index contributed by atoms with van der Waals surface area (Å²) in [5.74, 6) is 1.13. The highest BCUT2D eigenvalue weighted by molar-refractivity contribution is 6.31. The number of amides is 1. The standard InChI is InChI=1S/C20H17ClN2O2/c21-18-9-2-1-7-16(18)13-19(24)23-14-15-6-5-8-17(12-15)25-20-10-3-4-11-22-20/h1-12H,13-14H2,(H,23,24). The van der Waals surface area contributed by atoms with Crippen LogP contribution in [0.5, 0.6) is 11.6 Å². The second-order valence-electron chi connectivity index (χ2n) is 5.46. The average molecular weight is 353 g/mol. The van der Waals surface area contributed by atoms with Crippen LogP contribution < -0.4 is 10.1 Å². The van der Waals surface area contributed by atoms with Gasteiger partial charge in [0.15, 0.2) is 0 Å². The van der Waals surface area contributed by atoms with Gasteiger partial charge in [-0.2, -0.15) is 0 Å². The van der Waals surface area contributed by atoms with E-state index in [-0.39, 0.29) is 12.3 Å². The Bertz CT molecular complexity index is 853. The summed E-state index contributed by atoms with van der Waals surface area (Å²) in [7, 11) is 0. The van der Waals surface area contributed by atoms with Crippen LogP contribution in [0.2, 0.25) is 5.02 Å². The van der Waals surface area contributed by atoms with Gasteiger partial charge in [0.25, 0.3) is 0 Å². The molecule has 25 heavy (non-hydrogen) atoms. The van der Waals surface area contributed by atoms with E-state index in [1.165, 1.54) is 0 Å². The average Bonchev–Trinajstić information content (AvgIpc) is 2.63. The summed E-state index contributed by atoms with van der Waals surface area (Å²) in [6.07, 6.45) is 1.93. The van der Waals surface area contributed by atoms with E-state index in [4.69, 9.17) is 16.3 Å². The Morgan fingerprint density at radius 1 is 1.04 bits per heavy atom. The first-order valence-corrected chi connectivity index (χ1v) is 8.26. The molecule has 0 bridgehead atoms. The summed E-state index contributed by atoms with van der Waals surface area (Å²) in [6, 6.07) is 20.4. The van der Waals surface area contributed by atoms with Crippen LogP contribution in [0.15, 0.2) is 72.9 Å². The van der Waals surface area contributed by atoms with Gasteiger partial charge in [0, 0.05) is 23.8 Å². The van der Waals surface area contributed by atoms with Crippen LogP contribution in [0.1, 0.15) is 11.1 Å². The van der Waals surface area contributed by atoms with Crippen molar-refractivity contribution in [2.24, 2.45) is 0 Å². The molecular formula is C20H17ClN2O2. The molecule has 3 aromatic rings. The molecule has 0 saturated carbocycles. The van der Waals surface area contributed by atoms with E-state index in [0.29, 0.717) is 23.2 Å². The summed E-state index contributed by atoms with van der Waals surface area (Å²) in [5, 5.41) is 3.50. The van der Waals surface area contributed by atoms with E-state index >= 15 is 0 Å². The minimum Gasteiger partial charge on any atom is -0.439 e. The monoisotopic (exact) mass is 352 g/mol. The summed E-state index contributed by atoms with van der Waals surface area (Å²) in [6.45, 7) is 0.419. The van der Waals surface area contributed by atoms with Gasteiger partial charge in [-0.05, 0) is 35.4 Å². The third kappa shape index (κ3) is 5.06. The fraction of sp³-hybridized carbons (Fsp3) is 0.100. The van der Waals surface area contributed by atoms with Gasteiger partial charge in [0.05, 0.1) is 6.42 Å². The fourth-order valence-electron chi connectivity index (χ4n) is 2.33. The number of nitrogens with one attached hydrogen (secondary N) is 1. The van der Waals surface area contributed by atoms with Gasteiger partial charge in [-0.3, -0.25) is 4.79 Å². The molecule has 0 aliphatic heterocycles. The maximum atomic E-state index is 12.1. The Morgan fingerprint density at radius 3 is 2.68 bits per heavy atom. The number of hydrogen-bond acceptors (Lipinski definition) is 3. The third-order valence-corrected chi connectivity index (χ3v) is 3.93. The molecule has 1 aromatic heterocycles. The SMILES string of the molecule is O=C(Cc1ccccc1Cl)NCc1cccc(Oc2ccccn2)c1. The fourth-order valence-corrected chi connectivity index (χ4v) is 2.53. The van der Waals surface area contributed by atoms with Crippen LogP contribution in [0.4, 0.5) is 0 Å². The van der Waals surface area contributed by atoms with Crippen LogP contribution in [-0.2, 0) is 17.8 Å². The molecule has 2 aromatic carbocycles. The molecule has 5 heteroatoms. The molecule has 0 spiro atoms. The van der Waals surface area contributed by atoms with Crippen LogP contribution in [0.3, 0.4) is 0 Å². The highest BCUT2D eigenvalue weighted by Gasteiger charge is 2.07. The van der Waals surface area contributed by atoms with Gasteiger partial charge in [-0.25, -0.2) is 4.98 Å². The predicted octanol–water partition coefficient (Wildman–Crippen LogP) is 4.39. The van der Waals surface area contributed by atoms with Gasteiger partial charge in [-0.15, -0.1) is 0 Å². The Kier molecular flexibility index (Phi) is 5.65. The Balaban J connectivity index is 1.57. The lowest BCUT2D eigenvalue weighted by molar-refractivity contribution is -0.120. The molecule has 0 fully saturated rings. The van der Waals surface area contributed by atoms with Crippen LogP contribution in [0.25, 0.3) is 0 Å². The van der Waals surface area contributed by atoms with Crippen molar-refractivity contribution in [3.63, 3.8) is 0 Å². The lowest BCUT2D eigenvalue weighted by Gasteiger charge is -2.09. The van der Waals surface area contributed by atoms with E-state index in [2.05, 4.69) is 10.3 Å². The summed E-state index contributed by atoms with van der Waals surface area (Å²) < 4.78 is 5.70. The van der Waals surface area contributed by atoms with Gasteiger partial charge in [0.1, 0.15) is 5.75 Å². The molecule has 126 valence electrons. The molecule has 0 aliphatic carbocycles. The molecule has 0 unspecified atom stereocenters. The van der Waals surface area contributed by atoms with Gasteiger partial charge in [-0.1, -0.05) is 48.0 Å². The molecular weight excluding hydrogens is 336 g/mol. The molecule has 1 heterocycles. The Morgan fingerprint density at radius 2 is 1.88 bits per heavy atom. The molecule has 1 N–H and O–H groups in total. The molecule has 3 rings (SSSR count). The number of nitrogens with zero attached hydrogens (tertiary/aromatic N) is 1. The van der Waals surface area contributed by atoms with Gasteiger partial charge < -0.3 is 10.1 Å². The number of aromatic nitrogens is 1. The lowest BCUT2D eigenvalue weighted by Crippen LogP contribution is -2.24. The first-order chi connectivity index (χ1) is 12.2. The zero-order chi connectivity index (χ0) is 17.5. The maximum absolute atomic E-state index is 12.1. The molecule has 4 nitrogen and oxygen atoms in total. The minimum atomic E-state index is -0.0795. The molecule has 0 atom stereocenters. The van der Waals surface area contributed by atoms with Crippen LogP contribution in [0, 0.1) is 0 Å². The molecule has 0 saturated heterocycles. The third-order valence-electron chi connectivity index (χ3n) is 3.56. The van der Waals surface area contributed by atoms with E-state index < -0.39 is 0 Å². The quantitative estimate of drug-likeness (QED) is 0.716. The topological polar surface area (TPSA) is 51.2 Å². The number of rotatable bonds is 6. The van der Waals surface area contributed by atoms with Crippen molar-refractivity contribution in [2.45, 2.75) is 13.0 Å². The number of halogens is 1. The minimum absolute atomic E-state index is 0.0795. The zero-order valence-electron chi connectivity index (χ0n) is 13.5. The Labute approximate surface area is 151 Å². The summed E-state index contributed by atoms with van der Waals surface area (Å²) >= 11 is 6.08.